The summed E-state index contributed by atoms with van der Waals surface area (Å²) in [4.78, 5) is 26.4. The zero-order chi connectivity index (χ0) is 19.3. The third-order valence-electron chi connectivity index (χ3n) is 4.20. The fourth-order valence-corrected chi connectivity index (χ4v) is 3.10. The first-order valence-corrected chi connectivity index (χ1v) is 8.61. The molecule has 0 heterocycles. The third-order valence-corrected chi connectivity index (χ3v) is 4.55. The monoisotopic (exact) mass is 374 g/mol. The highest BCUT2D eigenvalue weighted by molar-refractivity contribution is 6.31. The largest absolute Gasteiger partial charge is 0.468 e. The van der Waals surface area contributed by atoms with Crippen molar-refractivity contribution in [1.29, 1.82) is 0 Å². The Kier molecular flexibility index (Phi) is 6.77. The third kappa shape index (κ3) is 4.62. The lowest BCUT2D eigenvalue weighted by Gasteiger charge is -2.26. The standard InChI is InChI=1S/C20H23ClN2O3/c1-13-8-7-9-14(2)18(13)22-17(24)12-23(3)19(20(25)26-4)15-10-5-6-11-16(15)21/h5-11,19H,12H2,1-4H3,(H,22,24). The number of halogens is 1. The van der Waals surface area contributed by atoms with Gasteiger partial charge in [-0.1, -0.05) is 48.0 Å². The average Bonchev–Trinajstić information content (AvgIpc) is 2.60. The minimum absolute atomic E-state index is 0.0127. The van der Waals surface area contributed by atoms with Gasteiger partial charge in [0.05, 0.1) is 13.7 Å². The van der Waals surface area contributed by atoms with Crippen LogP contribution in [0.25, 0.3) is 0 Å². The number of likely N-dealkylation sites (N-methyl/N-ethyl adjacent to an activating group) is 1. The number of amides is 1. The lowest BCUT2D eigenvalue weighted by molar-refractivity contribution is -0.147. The molecule has 0 bridgehead atoms. The van der Waals surface area contributed by atoms with Crippen molar-refractivity contribution in [3.8, 4) is 0 Å². The highest BCUT2D eigenvalue weighted by atomic mass is 35.5. The van der Waals surface area contributed by atoms with Crippen LogP contribution in [0, 0.1) is 13.8 Å². The summed E-state index contributed by atoms with van der Waals surface area (Å²) >= 11 is 6.24. The number of benzene rings is 2. The van der Waals surface area contributed by atoms with Crippen LogP contribution in [0.2, 0.25) is 5.02 Å². The summed E-state index contributed by atoms with van der Waals surface area (Å²) in [7, 11) is 3.01. The molecule has 0 spiro atoms. The van der Waals surface area contributed by atoms with Crippen molar-refractivity contribution in [2.24, 2.45) is 0 Å². The number of anilines is 1. The molecular weight excluding hydrogens is 352 g/mol. The van der Waals surface area contributed by atoms with E-state index in [9.17, 15) is 9.59 Å². The number of para-hydroxylation sites is 1. The molecule has 1 amide bonds. The topological polar surface area (TPSA) is 58.6 Å². The number of hydrogen-bond acceptors (Lipinski definition) is 4. The van der Waals surface area contributed by atoms with Crippen LogP contribution in [0.3, 0.4) is 0 Å². The van der Waals surface area contributed by atoms with E-state index >= 15 is 0 Å². The average molecular weight is 375 g/mol. The van der Waals surface area contributed by atoms with Gasteiger partial charge in [0.15, 0.2) is 0 Å². The van der Waals surface area contributed by atoms with Crippen LogP contribution in [0.15, 0.2) is 42.5 Å². The predicted octanol–water partition coefficient (Wildman–Crippen LogP) is 3.74. The van der Waals surface area contributed by atoms with Crippen molar-refractivity contribution in [2.45, 2.75) is 19.9 Å². The zero-order valence-corrected chi connectivity index (χ0v) is 16.1. The maximum absolute atomic E-state index is 12.5. The zero-order valence-electron chi connectivity index (χ0n) is 15.4. The highest BCUT2D eigenvalue weighted by Crippen LogP contribution is 2.28. The molecule has 0 fully saturated rings. The molecule has 0 saturated heterocycles. The molecule has 0 saturated carbocycles. The molecule has 2 aromatic rings. The van der Waals surface area contributed by atoms with Crippen LogP contribution in [-0.4, -0.2) is 37.5 Å². The summed E-state index contributed by atoms with van der Waals surface area (Å²) in [5.41, 5.74) is 3.36. The van der Waals surface area contributed by atoms with E-state index in [-0.39, 0.29) is 12.5 Å². The molecule has 0 aliphatic rings. The quantitative estimate of drug-likeness (QED) is 0.782. The Morgan fingerprint density at radius 2 is 1.73 bits per heavy atom. The molecule has 0 aliphatic carbocycles. The predicted molar refractivity (Wildman–Crippen MR) is 103 cm³/mol. The van der Waals surface area contributed by atoms with Crippen molar-refractivity contribution in [3.05, 3.63) is 64.2 Å². The minimum atomic E-state index is -0.766. The summed E-state index contributed by atoms with van der Waals surface area (Å²) in [5.74, 6) is -0.689. The maximum atomic E-state index is 12.5. The fourth-order valence-electron chi connectivity index (χ4n) is 2.86. The Labute approximate surface area is 158 Å². The van der Waals surface area contributed by atoms with Crippen molar-refractivity contribution in [3.63, 3.8) is 0 Å². The molecule has 1 atom stereocenters. The fraction of sp³-hybridized carbons (Fsp3) is 0.300. The molecule has 5 nitrogen and oxygen atoms in total. The van der Waals surface area contributed by atoms with Crippen LogP contribution < -0.4 is 5.32 Å². The SMILES string of the molecule is COC(=O)C(c1ccccc1Cl)N(C)CC(=O)Nc1c(C)cccc1C. The van der Waals surface area contributed by atoms with Gasteiger partial charge < -0.3 is 10.1 Å². The van der Waals surface area contributed by atoms with Crippen LogP contribution in [-0.2, 0) is 14.3 Å². The number of hydrogen-bond donors (Lipinski definition) is 1. The first-order chi connectivity index (χ1) is 12.3. The van der Waals surface area contributed by atoms with Crippen molar-refractivity contribution in [1.82, 2.24) is 4.90 Å². The number of aryl methyl sites for hydroxylation is 2. The molecule has 0 aliphatic heterocycles. The van der Waals surface area contributed by atoms with Gasteiger partial charge in [-0.3, -0.25) is 9.69 Å². The Morgan fingerprint density at radius 3 is 2.31 bits per heavy atom. The van der Waals surface area contributed by atoms with Crippen molar-refractivity contribution < 1.29 is 14.3 Å². The first-order valence-electron chi connectivity index (χ1n) is 8.23. The van der Waals surface area contributed by atoms with E-state index in [0.29, 0.717) is 10.6 Å². The second kappa shape index (κ2) is 8.83. The molecule has 2 rings (SSSR count). The summed E-state index contributed by atoms with van der Waals surface area (Å²) in [6, 6.07) is 12.1. The lowest BCUT2D eigenvalue weighted by atomic mass is 10.1. The molecule has 0 aromatic heterocycles. The van der Waals surface area contributed by atoms with E-state index < -0.39 is 12.0 Å². The number of methoxy groups -OCH3 is 1. The normalized spacial score (nSPS) is 11.9. The van der Waals surface area contributed by atoms with Crippen LogP contribution in [0.1, 0.15) is 22.7 Å². The number of nitrogens with one attached hydrogen (secondary N) is 1. The smallest absolute Gasteiger partial charge is 0.327 e. The maximum Gasteiger partial charge on any atom is 0.327 e. The van der Waals surface area contributed by atoms with Crippen LogP contribution >= 0.6 is 11.6 Å². The van der Waals surface area contributed by atoms with Crippen LogP contribution in [0.4, 0.5) is 5.69 Å². The number of ether oxygens (including phenoxy) is 1. The summed E-state index contributed by atoms with van der Waals surface area (Å²) < 4.78 is 4.91. The van der Waals surface area contributed by atoms with Gasteiger partial charge in [0, 0.05) is 10.7 Å². The summed E-state index contributed by atoms with van der Waals surface area (Å²) in [6.07, 6.45) is 0. The Balaban J connectivity index is 2.19. The number of carbonyl (C=O) groups is 2. The number of esters is 1. The molecule has 0 radical (unpaired) electrons. The van der Waals surface area contributed by atoms with Gasteiger partial charge in [0.25, 0.3) is 0 Å². The number of rotatable bonds is 6. The van der Waals surface area contributed by atoms with E-state index in [0.717, 1.165) is 16.8 Å². The minimum Gasteiger partial charge on any atom is -0.468 e. The summed E-state index contributed by atoms with van der Waals surface area (Å²) in [5, 5.41) is 3.37. The van der Waals surface area contributed by atoms with E-state index in [1.807, 2.05) is 32.0 Å². The Hall–Kier alpha value is -2.37. The van der Waals surface area contributed by atoms with Gasteiger partial charge in [-0.2, -0.15) is 0 Å². The molecule has 2 aromatic carbocycles. The first kappa shape index (κ1) is 19.9. The highest BCUT2D eigenvalue weighted by Gasteiger charge is 2.29. The second-order valence-corrected chi connectivity index (χ2v) is 6.58. The molecule has 1 N–H and O–H groups in total. The van der Waals surface area contributed by atoms with Gasteiger partial charge in [0.1, 0.15) is 6.04 Å². The van der Waals surface area contributed by atoms with Crippen molar-refractivity contribution in [2.75, 3.05) is 26.0 Å². The Morgan fingerprint density at radius 1 is 1.12 bits per heavy atom. The van der Waals surface area contributed by atoms with E-state index in [1.54, 1.807) is 36.2 Å². The van der Waals surface area contributed by atoms with Gasteiger partial charge in [-0.05, 0) is 43.7 Å². The number of carbonyl (C=O) groups excluding carboxylic acids is 2. The molecule has 6 heteroatoms. The van der Waals surface area contributed by atoms with Gasteiger partial charge in [-0.15, -0.1) is 0 Å². The van der Waals surface area contributed by atoms with E-state index in [1.165, 1.54) is 7.11 Å². The molecule has 1 unspecified atom stereocenters. The lowest BCUT2D eigenvalue weighted by Crippen LogP contribution is -2.37. The Bertz CT molecular complexity index is 787. The molecule has 26 heavy (non-hydrogen) atoms. The van der Waals surface area contributed by atoms with E-state index in [2.05, 4.69) is 5.32 Å². The molecule has 138 valence electrons. The summed E-state index contributed by atoms with van der Waals surface area (Å²) in [6.45, 7) is 3.89. The number of nitrogens with zero attached hydrogens (tertiary/aromatic N) is 1. The molecular formula is C20H23ClN2O3. The van der Waals surface area contributed by atoms with Gasteiger partial charge in [-0.25, -0.2) is 4.79 Å². The van der Waals surface area contributed by atoms with Crippen molar-refractivity contribution >= 4 is 29.2 Å². The second-order valence-electron chi connectivity index (χ2n) is 6.18. The van der Waals surface area contributed by atoms with Crippen LogP contribution in [0.5, 0.6) is 0 Å². The van der Waals surface area contributed by atoms with E-state index in [4.69, 9.17) is 16.3 Å². The van der Waals surface area contributed by atoms with Gasteiger partial charge in [0.2, 0.25) is 5.91 Å². The van der Waals surface area contributed by atoms with Gasteiger partial charge >= 0.3 is 5.97 Å².